The van der Waals surface area contributed by atoms with Gasteiger partial charge in [0.1, 0.15) is 5.75 Å². The van der Waals surface area contributed by atoms with Gasteiger partial charge >= 0.3 is 0 Å². The molecule has 1 aliphatic carbocycles. The first kappa shape index (κ1) is 10.5. The standard InChI is InChI=1S/C13H19NO/c1-3-9(2)15-11-5-6-12-10(8-11)4-7-13(12)14/h5-6,8-9,13H,3-4,7,14H2,1-2H3/t9?,13-/m1/s1. The molecule has 1 aromatic carbocycles. The number of fused-ring (bicyclic) bond motifs is 1. The van der Waals surface area contributed by atoms with Crippen molar-refractivity contribution >= 4 is 0 Å². The average molecular weight is 205 g/mol. The summed E-state index contributed by atoms with van der Waals surface area (Å²) in [5.41, 5.74) is 8.64. The zero-order valence-corrected chi connectivity index (χ0v) is 9.49. The van der Waals surface area contributed by atoms with Crippen molar-refractivity contribution in [3.8, 4) is 5.75 Å². The molecule has 0 spiro atoms. The summed E-state index contributed by atoms with van der Waals surface area (Å²) in [4.78, 5) is 0. The van der Waals surface area contributed by atoms with Crippen LogP contribution < -0.4 is 10.5 Å². The van der Waals surface area contributed by atoms with Gasteiger partial charge in [0.15, 0.2) is 0 Å². The Labute approximate surface area is 91.4 Å². The summed E-state index contributed by atoms with van der Waals surface area (Å²) in [6.45, 7) is 4.23. The topological polar surface area (TPSA) is 35.2 Å². The number of aryl methyl sites for hydroxylation is 1. The van der Waals surface area contributed by atoms with Crippen LogP contribution in [0.2, 0.25) is 0 Å². The maximum absolute atomic E-state index is 5.98. The second-order valence-electron chi connectivity index (χ2n) is 4.34. The van der Waals surface area contributed by atoms with Crippen LogP contribution in [-0.2, 0) is 6.42 Å². The van der Waals surface area contributed by atoms with Crippen LogP contribution in [0.25, 0.3) is 0 Å². The van der Waals surface area contributed by atoms with Gasteiger partial charge in [0.25, 0.3) is 0 Å². The SMILES string of the molecule is CCC(C)Oc1ccc2c(c1)CC[C@H]2N. The predicted molar refractivity (Wildman–Crippen MR) is 62.1 cm³/mol. The number of hydrogen-bond acceptors (Lipinski definition) is 2. The Morgan fingerprint density at radius 3 is 3.07 bits per heavy atom. The van der Waals surface area contributed by atoms with Crippen molar-refractivity contribution < 1.29 is 4.74 Å². The van der Waals surface area contributed by atoms with E-state index in [9.17, 15) is 0 Å². The number of ether oxygens (including phenoxy) is 1. The quantitative estimate of drug-likeness (QED) is 0.823. The van der Waals surface area contributed by atoms with E-state index in [-0.39, 0.29) is 12.1 Å². The molecule has 2 atom stereocenters. The van der Waals surface area contributed by atoms with E-state index in [1.54, 1.807) is 0 Å². The molecule has 0 heterocycles. The lowest BCUT2D eigenvalue weighted by Gasteiger charge is -2.13. The minimum absolute atomic E-state index is 0.234. The van der Waals surface area contributed by atoms with E-state index >= 15 is 0 Å². The zero-order valence-electron chi connectivity index (χ0n) is 9.49. The van der Waals surface area contributed by atoms with Crippen LogP contribution in [0.1, 0.15) is 43.9 Å². The molecule has 82 valence electrons. The Kier molecular flexibility index (Phi) is 2.96. The molecule has 0 fully saturated rings. The minimum Gasteiger partial charge on any atom is -0.491 e. The van der Waals surface area contributed by atoms with E-state index in [0.717, 1.165) is 25.0 Å². The average Bonchev–Trinajstić information content (AvgIpc) is 2.60. The molecule has 0 amide bonds. The highest BCUT2D eigenvalue weighted by Gasteiger charge is 2.19. The van der Waals surface area contributed by atoms with E-state index in [2.05, 4.69) is 26.0 Å². The van der Waals surface area contributed by atoms with Crippen molar-refractivity contribution in [1.82, 2.24) is 0 Å². The van der Waals surface area contributed by atoms with Gasteiger partial charge in [0.05, 0.1) is 6.10 Å². The Hall–Kier alpha value is -1.02. The van der Waals surface area contributed by atoms with Crippen molar-refractivity contribution in [1.29, 1.82) is 0 Å². The maximum Gasteiger partial charge on any atom is 0.119 e. The highest BCUT2D eigenvalue weighted by molar-refractivity contribution is 5.40. The van der Waals surface area contributed by atoms with Gasteiger partial charge in [0, 0.05) is 6.04 Å². The molecular weight excluding hydrogens is 186 g/mol. The molecule has 2 heteroatoms. The van der Waals surface area contributed by atoms with E-state index in [1.165, 1.54) is 11.1 Å². The number of nitrogens with two attached hydrogens (primary N) is 1. The van der Waals surface area contributed by atoms with Gasteiger partial charge < -0.3 is 10.5 Å². The van der Waals surface area contributed by atoms with Crippen molar-refractivity contribution in [2.75, 3.05) is 0 Å². The van der Waals surface area contributed by atoms with E-state index < -0.39 is 0 Å². The van der Waals surface area contributed by atoms with Gasteiger partial charge in [-0.2, -0.15) is 0 Å². The number of rotatable bonds is 3. The van der Waals surface area contributed by atoms with Gasteiger partial charge in [-0.1, -0.05) is 13.0 Å². The monoisotopic (exact) mass is 205 g/mol. The highest BCUT2D eigenvalue weighted by atomic mass is 16.5. The Bertz CT molecular complexity index is 348. The summed E-state index contributed by atoms with van der Waals surface area (Å²) >= 11 is 0. The predicted octanol–water partition coefficient (Wildman–Crippen LogP) is 2.81. The molecule has 0 bridgehead atoms. The Morgan fingerprint density at radius 1 is 1.53 bits per heavy atom. The fourth-order valence-corrected chi connectivity index (χ4v) is 2.02. The maximum atomic E-state index is 5.98. The molecule has 2 rings (SSSR count). The highest BCUT2D eigenvalue weighted by Crippen LogP contribution is 2.32. The minimum atomic E-state index is 0.234. The number of hydrogen-bond donors (Lipinski definition) is 1. The van der Waals surface area contributed by atoms with Gasteiger partial charge in [-0.15, -0.1) is 0 Å². The van der Waals surface area contributed by atoms with Crippen LogP contribution >= 0.6 is 0 Å². The first-order valence-electron chi connectivity index (χ1n) is 5.75. The second-order valence-corrected chi connectivity index (χ2v) is 4.34. The number of benzene rings is 1. The lowest BCUT2D eigenvalue weighted by Crippen LogP contribution is -2.10. The largest absolute Gasteiger partial charge is 0.491 e. The lowest BCUT2D eigenvalue weighted by molar-refractivity contribution is 0.217. The van der Waals surface area contributed by atoms with Gasteiger partial charge in [-0.25, -0.2) is 0 Å². The van der Waals surface area contributed by atoms with Crippen LogP contribution in [0.15, 0.2) is 18.2 Å². The molecule has 0 saturated heterocycles. The fourth-order valence-electron chi connectivity index (χ4n) is 2.02. The van der Waals surface area contributed by atoms with Crippen LogP contribution in [-0.4, -0.2) is 6.10 Å². The molecule has 0 aromatic heterocycles. The van der Waals surface area contributed by atoms with Crippen molar-refractivity contribution in [3.63, 3.8) is 0 Å². The summed E-state index contributed by atoms with van der Waals surface area (Å²) < 4.78 is 5.78. The Balaban J connectivity index is 2.16. The smallest absolute Gasteiger partial charge is 0.119 e. The third-order valence-corrected chi connectivity index (χ3v) is 3.15. The normalized spacial score (nSPS) is 21.1. The van der Waals surface area contributed by atoms with Gasteiger partial charge in [-0.3, -0.25) is 0 Å². The zero-order chi connectivity index (χ0) is 10.8. The summed E-state index contributed by atoms with van der Waals surface area (Å²) in [5, 5.41) is 0. The van der Waals surface area contributed by atoms with Crippen molar-refractivity contribution in [2.45, 2.75) is 45.3 Å². The van der Waals surface area contributed by atoms with Gasteiger partial charge in [-0.05, 0) is 49.4 Å². The molecule has 2 nitrogen and oxygen atoms in total. The molecule has 1 unspecified atom stereocenters. The van der Waals surface area contributed by atoms with Crippen LogP contribution in [0.5, 0.6) is 5.75 Å². The van der Waals surface area contributed by atoms with Crippen molar-refractivity contribution in [3.05, 3.63) is 29.3 Å². The van der Waals surface area contributed by atoms with E-state index in [1.807, 2.05) is 6.07 Å². The first-order chi connectivity index (χ1) is 7.20. The summed E-state index contributed by atoms with van der Waals surface area (Å²) in [5.74, 6) is 0.984. The molecule has 0 radical (unpaired) electrons. The first-order valence-corrected chi connectivity index (χ1v) is 5.75. The third-order valence-electron chi connectivity index (χ3n) is 3.15. The van der Waals surface area contributed by atoms with E-state index in [0.29, 0.717) is 0 Å². The molecule has 15 heavy (non-hydrogen) atoms. The third kappa shape index (κ3) is 2.15. The summed E-state index contributed by atoms with van der Waals surface area (Å²) in [7, 11) is 0. The molecule has 0 saturated carbocycles. The van der Waals surface area contributed by atoms with Gasteiger partial charge in [0.2, 0.25) is 0 Å². The molecule has 1 aliphatic rings. The van der Waals surface area contributed by atoms with E-state index in [4.69, 9.17) is 10.5 Å². The molecule has 0 aliphatic heterocycles. The fraction of sp³-hybridized carbons (Fsp3) is 0.538. The van der Waals surface area contributed by atoms with Crippen LogP contribution in [0, 0.1) is 0 Å². The van der Waals surface area contributed by atoms with Crippen molar-refractivity contribution in [2.24, 2.45) is 5.73 Å². The second kappa shape index (κ2) is 4.23. The van der Waals surface area contributed by atoms with Crippen LogP contribution in [0.3, 0.4) is 0 Å². The molecule has 2 N–H and O–H groups in total. The molecule has 1 aromatic rings. The Morgan fingerprint density at radius 2 is 2.33 bits per heavy atom. The van der Waals surface area contributed by atoms with Crippen LogP contribution in [0.4, 0.5) is 0 Å². The lowest BCUT2D eigenvalue weighted by atomic mass is 10.1. The summed E-state index contributed by atoms with van der Waals surface area (Å²) in [6, 6.07) is 6.53. The summed E-state index contributed by atoms with van der Waals surface area (Å²) in [6.07, 6.45) is 3.49. The molecular formula is C13H19NO.